The van der Waals surface area contributed by atoms with E-state index >= 15 is 0 Å². The zero-order chi connectivity index (χ0) is 16.0. The molecule has 1 aromatic heterocycles. The van der Waals surface area contributed by atoms with Crippen LogP contribution in [0.2, 0.25) is 0 Å². The van der Waals surface area contributed by atoms with Crippen LogP contribution in [0.3, 0.4) is 0 Å². The Bertz CT molecular complexity index is 924. The number of aryl methyl sites for hydroxylation is 1. The van der Waals surface area contributed by atoms with Crippen LogP contribution in [0, 0.1) is 24.5 Å². The summed E-state index contributed by atoms with van der Waals surface area (Å²) in [7, 11) is 0. The van der Waals surface area contributed by atoms with Gasteiger partial charge in [-0.3, -0.25) is 0 Å². The minimum absolute atomic E-state index is 0.0453. The van der Waals surface area contributed by atoms with Crippen LogP contribution in [0.4, 0.5) is 8.78 Å². The first-order chi connectivity index (χ1) is 11.1. The summed E-state index contributed by atoms with van der Waals surface area (Å²) in [5.41, 5.74) is 0.611. The highest BCUT2D eigenvalue weighted by atomic mass is 19.1. The van der Waals surface area contributed by atoms with E-state index in [1.54, 1.807) is 31.2 Å². The zero-order valence-electron chi connectivity index (χ0n) is 12.7. The van der Waals surface area contributed by atoms with Crippen molar-refractivity contribution in [2.24, 2.45) is 5.92 Å². The summed E-state index contributed by atoms with van der Waals surface area (Å²) in [6, 6.07) is 6.73. The summed E-state index contributed by atoms with van der Waals surface area (Å²) in [4.78, 5) is 0. The van der Waals surface area contributed by atoms with Crippen molar-refractivity contribution < 1.29 is 17.9 Å². The molecule has 0 spiro atoms. The Morgan fingerprint density at radius 2 is 1.83 bits per heavy atom. The SMILES string of the molecule is Cc1ccc2c(oc3c(F)c(OCC4C=CCC4)ccc32)c1F. The Labute approximate surface area is 132 Å². The van der Waals surface area contributed by atoms with E-state index in [1.807, 2.05) is 0 Å². The second-order valence-electron chi connectivity index (χ2n) is 6.01. The molecular weight excluding hydrogens is 298 g/mol. The Morgan fingerprint density at radius 1 is 1.09 bits per heavy atom. The summed E-state index contributed by atoms with van der Waals surface area (Å²) in [5, 5.41) is 1.14. The van der Waals surface area contributed by atoms with Gasteiger partial charge < -0.3 is 9.15 Å². The molecule has 0 saturated heterocycles. The minimum atomic E-state index is -0.572. The molecule has 1 heterocycles. The first-order valence-electron chi connectivity index (χ1n) is 7.74. The number of rotatable bonds is 3. The number of furan rings is 1. The largest absolute Gasteiger partial charge is 0.490 e. The third-order valence-corrected chi connectivity index (χ3v) is 4.41. The monoisotopic (exact) mass is 314 g/mol. The fourth-order valence-electron chi connectivity index (χ4n) is 3.06. The molecule has 3 aromatic rings. The minimum Gasteiger partial charge on any atom is -0.490 e. The van der Waals surface area contributed by atoms with Crippen molar-refractivity contribution in [1.82, 2.24) is 0 Å². The van der Waals surface area contributed by atoms with Crippen LogP contribution in [-0.2, 0) is 0 Å². The number of ether oxygens (including phenoxy) is 1. The molecule has 0 radical (unpaired) electrons. The highest BCUT2D eigenvalue weighted by Gasteiger charge is 2.19. The van der Waals surface area contributed by atoms with Crippen LogP contribution in [0.1, 0.15) is 18.4 Å². The van der Waals surface area contributed by atoms with Crippen molar-refractivity contribution in [3.63, 3.8) is 0 Å². The van der Waals surface area contributed by atoms with Gasteiger partial charge in [0.2, 0.25) is 5.82 Å². The number of benzene rings is 2. The highest BCUT2D eigenvalue weighted by molar-refractivity contribution is 6.05. The van der Waals surface area contributed by atoms with E-state index in [1.165, 1.54) is 0 Å². The van der Waals surface area contributed by atoms with Crippen molar-refractivity contribution >= 4 is 21.9 Å². The first kappa shape index (κ1) is 14.2. The molecular formula is C19H16F2O2. The maximum absolute atomic E-state index is 14.7. The van der Waals surface area contributed by atoms with Crippen LogP contribution in [0.15, 0.2) is 40.8 Å². The normalized spacial score (nSPS) is 17.4. The van der Waals surface area contributed by atoms with E-state index in [9.17, 15) is 8.78 Å². The molecule has 1 atom stereocenters. The molecule has 23 heavy (non-hydrogen) atoms. The van der Waals surface area contributed by atoms with E-state index in [2.05, 4.69) is 12.2 Å². The molecule has 2 nitrogen and oxygen atoms in total. The summed E-state index contributed by atoms with van der Waals surface area (Å²) in [6.07, 6.45) is 6.27. The molecule has 0 bridgehead atoms. The Kier molecular flexibility index (Phi) is 3.33. The van der Waals surface area contributed by atoms with Gasteiger partial charge in [-0.25, -0.2) is 4.39 Å². The molecule has 0 fully saturated rings. The molecule has 1 aliphatic carbocycles. The van der Waals surface area contributed by atoms with Gasteiger partial charge in [0.15, 0.2) is 22.7 Å². The van der Waals surface area contributed by atoms with Crippen LogP contribution in [0.25, 0.3) is 21.9 Å². The van der Waals surface area contributed by atoms with Gasteiger partial charge in [-0.1, -0.05) is 24.3 Å². The van der Waals surface area contributed by atoms with Crippen molar-refractivity contribution in [2.75, 3.05) is 6.61 Å². The third kappa shape index (κ3) is 2.29. The molecule has 4 heteroatoms. The van der Waals surface area contributed by atoms with Gasteiger partial charge >= 0.3 is 0 Å². The van der Waals surface area contributed by atoms with Crippen LogP contribution in [-0.4, -0.2) is 6.61 Å². The van der Waals surface area contributed by atoms with E-state index in [0.717, 1.165) is 12.8 Å². The Balaban J connectivity index is 1.76. The average Bonchev–Trinajstić information content (AvgIpc) is 3.18. The van der Waals surface area contributed by atoms with Gasteiger partial charge in [-0.15, -0.1) is 0 Å². The lowest BCUT2D eigenvalue weighted by Crippen LogP contribution is -2.08. The summed E-state index contributed by atoms with van der Waals surface area (Å²) < 4.78 is 39.9. The van der Waals surface area contributed by atoms with Gasteiger partial charge in [0.05, 0.1) is 6.61 Å². The molecule has 0 saturated carbocycles. The van der Waals surface area contributed by atoms with Crippen molar-refractivity contribution in [1.29, 1.82) is 0 Å². The molecule has 2 aromatic carbocycles. The Morgan fingerprint density at radius 3 is 2.57 bits per heavy atom. The zero-order valence-corrected chi connectivity index (χ0v) is 12.7. The maximum atomic E-state index is 14.7. The molecule has 0 N–H and O–H groups in total. The van der Waals surface area contributed by atoms with Gasteiger partial charge in [-0.05, 0) is 37.5 Å². The lowest BCUT2D eigenvalue weighted by molar-refractivity contribution is 0.262. The van der Waals surface area contributed by atoms with E-state index in [-0.39, 0.29) is 16.9 Å². The molecule has 118 valence electrons. The summed E-state index contributed by atoms with van der Waals surface area (Å²) >= 11 is 0. The predicted molar refractivity (Wildman–Crippen MR) is 85.7 cm³/mol. The van der Waals surface area contributed by atoms with Gasteiger partial charge in [0, 0.05) is 16.7 Å². The highest BCUT2D eigenvalue weighted by Crippen LogP contribution is 2.36. The molecule has 1 aliphatic rings. The van der Waals surface area contributed by atoms with Crippen molar-refractivity contribution in [3.05, 3.63) is 53.6 Å². The smallest absolute Gasteiger partial charge is 0.208 e. The quantitative estimate of drug-likeness (QED) is 0.594. The Hall–Kier alpha value is -2.36. The molecule has 4 rings (SSSR count). The van der Waals surface area contributed by atoms with Crippen molar-refractivity contribution in [2.45, 2.75) is 19.8 Å². The lowest BCUT2D eigenvalue weighted by atomic mass is 10.1. The van der Waals surface area contributed by atoms with Gasteiger partial charge in [0.1, 0.15) is 0 Å². The van der Waals surface area contributed by atoms with Crippen LogP contribution >= 0.6 is 0 Å². The summed E-state index contributed by atoms with van der Waals surface area (Å²) in [5.74, 6) is -0.552. The van der Waals surface area contributed by atoms with E-state index < -0.39 is 11.6 Å². The van der Waals surface area contributed by atoms with Gasteiger partial charge in [0.25, 0.3) is 0 Å². The van der Waals surface area contributed by atoms with Gasteiger partial charge in [-0.2, -0.15) is 4.39 Å². The number of hydrogen-bond acceptors (Lipinski definition) is 2. The van der Waals surface area contributed by atoms with E-state index in [0.29, 0.717) is 28.9 Å². The predicted octanol–water partition coefficient (Wildman–Crippen LogP) is 5.52. The number of allylic oxidation sites excluding steroid dienone is 1. The number of fused-ring (bicyclic) bond motifs is 3. The van der Waals surface area contributed by atoms with Crippen LogP contribution < -0.4 is 4.74 Å². The fraction of sp³-hybridized carbons (Fsp3) is 0.263. The molecule has 0 aliphatic heterocycles. The second kappa shape index (κ2) is 5.37. The standard InChI is InChI=1S/C19H16F2O2/c1-11-6-7-13-14-8-9-15(22-10-12-4-2-3-5-12)17(21)19(14)23-18(13)16(11)20/h2,4,6-9,12H,3,5,10H2,1H3. The van der Waals surface area contributed by atoms with E-state index in [4.69, 9.17) is 9.15 Å². The molecule has 1 unspecified atom stereocenters. The van der Waals surface area contributed by atoms with Crippen molar-refractivity contribution in [3.8, 4) is 5.75 Å². The third-order valence-electron chi connectivity index (χ3n) is 4.41. The average molecular weight is 314 g/mol. The first-order valence-corrected chi connectivity index (χ1v) is 7.74. The molecule has 0 amide bonds. The number of hydrogen-bond donors (Lipinski definition) is 0. The maximum Gasteiger partial charge on any atom is 0.208 e. The second-order valence-corrected chi connectivity index (χ2v) is 6.01. The summed E-state index contributed by atoms with van der Waals surface area (Å²) in [6.45, 7) is 2.09. The fourth-order valence-corrected chi connectivity index (χ4v) is 3.06. The lowest BCUT2D eigenvalue weighted by Gasteiger charge is -2.10. The number of halogens is 2. The topological polar surface area (TPSA) is 22.4 Å². The van der Waals surface area contributed by atoms with Crippen LogP contribution in [0.5, 0.6) is 5.75 Å².